The van der Waals surface area contributed by atoms with Crippen LogP contribution < -0.4 is 5.32 Å². The Bertz CT molecular complexity index is 190. The smallest absolute Gasteiger partial charge is 0.0486 e. The fraction of sp³-hybridized carbons (Fsp3) is 0.846. The molecule has 0 aromatic heterocycles. The molecule has 1 saturated heterocycles. The second kappa shape index (κ2) is 8.59. The van der Waals surface area contributed by atoms with E-state index in [9.17, 15) is 0 Å². The van der Waals surface area contributed by atoms with Crippen LogP contribution in [0.4, 0.5) is 0 Å². The van der Waals surface area contributed by atoms with Crippen LogP contribution in [0.15, 0.2) is 12.3 Å². The zero-order valence-corrected chi connectivity index (χ0v) is 11.7. The predicted molar refractivity (Wildman–Crippen MR) is 72.7 cm³/mol. The average Bonchev–Trinajstić information content (AvgIpc) is 2.67. The highest BCUT2D eigenvalue weighted by molar-refractivity contribution is 5.05. The van der Waals surface area contributed by atoms with Crippen LogP contribution in [0.25, 0.3) is 0 Å². The van der Waals surface area contributed by atoms with Crippen LogP contribution in [0.3, 0.4) is 0 Å². The lowest BCUT2D eigenvalue weighted by atomic mass is 10.2. The summed E-state index contributed by atoms with van der Waals surface area (Å²) in [5.74, 6) is 0. The molecule has 1 rings (SSSR count). The third-order valence-corrected chi connectivity index (χ3v) is 2.83. The third kappa shape index (κ3) is 5.52. The van der Waals surface area contributed by atoms with Crippen molar-refractivity contribution in [1.82, 2.24) is 15.1 Å². The molecule has 16 heavy (non-hydrogen) atoms. The number of likely N-dealkylation sites (tertiary alicyclic amines) is 1. The highest BCUT2D eigenvalue weighted by atomic mass is 15.2. The molecule has 1 aliphatic heterocycles. The van der Waals surface area contributed by atoms with E-state index in [1.807, 2.05) is 13.8 Å². The van der Waals surface area contributed by atoms with Gasteiger partial charge in [-0.1, -0.05) is 20.4 Å². The first-order chi connectivity index (χ1) is 7.61. The van der Waals surface area contributed by atoms with Crippen LogP contribution in [0, 0.1) is 0 Å². The Hall–Kier alpha value is -0.540. The summed E-state index contributed by atoms with van der Waals surface area (Å²) in [6, 6.07) is 0.553. The number of rotatable bonds is 5. The van der Waals surface area contributed by atoms with E-state index in [0.29, 0.717) is 6.04 Å². The van der Waals surface area contributed by atoms with Crippen molar-refractivity contribution in [2.24, 2.45) is 0 Å². The maximum atomic E-state index is 4.11. The lowest BCUT2D eigenvalue weighted by molar-refractivity contribution is 0.329. The summed E-state index contributed by atoms with van der Waals surface area (Å²) in [5.41, 5.74) is 1.19. The predicted octanol–water partition coefficient (Wildman–Crippen LogP) is 1.77. The van der Waals surface area contributed by atoms with Crippen LogP contribution in [0.2, 0.25) is 0 Å². The molecule has 0 aromatic rings. The lowest BCUT2D eigenvalue weighted by Crippen LogP contribution is -2.35. The third-order valence-electron chi connectivity index (χ3n) is 2.83. The van der Waals surface area contributed by atoms with Gasteiger partial charge in [0.1, 0.15) is 0 Å². The number of nitrogens with one attached hydrogen (secondary N) is 1. The molecule has 0 bridgehead atoms. The number of hydrogen-bond donors (Lipinski definition) is 1. The Labute approximate surface area is 101 Å². The lowest BCUT2D eigenvalue weighted by Gasteiger charge is -2.23. The molecule has 1 heterocycles. The van der Waals surface area contributed by atoms with E-state index in [0.717, 1.165) is 13.1 Å². The Morgan fingerprint density at radius 1 is 1.44 bits per heavy atom. The molecule has 1 aliphatic rings. The highest BCUT2D eigenvalue weighted by Gasteiger charge is 2.22. The van der Waals surface area contributed by atoms with Crippen molar-refractivity contribution in [3.05, 3.63) is 12.3 Å². The summed E-state index contributed by atoms with van der Waals surface area (Å²) in [6.45, 7) is 11.4. The highest BCUT2D eigenvalue weighted by Crippen LogP contribution is 2.18. The van der Waals surface area contributed by atoms with E-state index < -0.39 is 0 Å². The van der Waals surface area contributed by atoms with Gasteiger partial charge in [-0.05, 0) is 40.5 Å². The van der Waals surface area contributed by atoms with Gasteiger partial charge >= 0.3 is 0 Å². The summed E-state index contributed by atoms with van der Waals surface area (Å²) in [5, 5.41) is 3.41. The molecule has 0 saturated carbocycles. The van der Waals surface area contributed by atoms with Crippen molar-refractivity contribution in [3.8, 4) is 0 Å². The van der Waals surface area contributed by atoms with Gasteiger partial charge in [0.15, 0.2) is 0 Å². The molecule has 0 aliphatic carbocycles. The molecule has 1 atom stereocenters. The number of hydrogen-bond acceptors (Lipinski definition) is 3. The molecule has 0 radical (unpaired) electrons. The molecule has 1 N–H and O–H groups in total. The molecule has 0 aromatic carbocycles. The van der Waals surface area contributed by atoms with Crippen molar-refractivity contribution in [2.75, 3.05) is 40.8 Å². The van der Waals surface area contributed by atoms with E-state index in [1.54, 1.807) is 0 Å². The van der Waals surface area contributed by atoms with E-state index >= 15 is 0 Å². The van der Waals surface area contributed by atoms with Gasteiger partial charge in [-0.25, -0.2) is 0 Å². The van der Waals surface area contributed by atoms with Crippen LogP contribution in [0.5, 0.6) is 0 Å². The minimum Gasteiger partial charge on any atom is -0.386 e. The quantitative estimate of drug-likeness (QED) is 0.772. The topological polar surface area (TPSA) is 18.5 Å². The summed E-state index contributed by atoms with van der Waals surface area (Å²) in [4.78, 5) is 4.56. The second-order valence-electron chi connectivity index (χ2n) is 4.39. The Morgan fingerprint density at radius 2 is 2.06 bits per heavy atom. The van der Waals surface area contributed by atoms with E-state index in [2.05, 4.69) is 42.8 Å². The molecule has 1 fully saturated rings. The molecule has 0 amide bonds. The van der Waals surface area contributed by atoms with Gasteiger partial charge in [-0.3, -0.25) is 4.90 Å². The summed E-state index contributed by atoms with van der Waals surface area (Å²) >= 11 is 0. The largest absolute Gasteiger partial charge is 0.386 e. The summed E-state index contributed by atoms with van der Waals surface area (Å²) in [7, 11) is 6.36. The molecule has 0 spiro atoms. The Kier molecular flexibility index (Phi) is 8.30. The van der Waals surface area contributed by atoms with Gasteiger partial charge in [0.05, 0.1) is 0 Å². The Morgan fingerprint density at radius 3 is 2.50 bits per heavy atom. The van der Waals surface area contributed by atoms with Crippen LogP contribution in [-0.4, -0.2) is 56.6 Å². The Balaban J connectivity index is 0.00000106. The normalized spacial score (nSPS) is 20.5. The molecule has 96 valence electrons. The van der Waals surface area contributed by atoms with Crippen molar-refractivity contribution in [1.29, 1.82) is 0 Å². The van der Waals surface area contributed by atoms with Gasteiger partial charge in [-0.15, -0.1) is 0 Å². The number of nitrogens with zero attached hydrogens (tertiary/aromatic N) is 2. The second-order valence-corrected chi connectivity index (χ2v) is 4.39. The zero-order valence-electron chi connectivity index (χ0n) is 11.7. The van der Waals surface area contributed by atoms with E-state index in [4.69, 9.17) is 0 Å². The SMILES string of the molecule is C=C(NCCN(C)C)[C@H]1CCCN1C.CC. The van der Waals surface area contributed by atoms with Crippen LogP contribution in [0.1, 0.15) is 26.7 Å². The van der Waals surface area contributed by atoms with Crippen LogP contribution in [-0.2, 0) is 0 Å². The van der Waals surface area contributed by atoms with Gasteiger partial charge in [0.2, 0.25) is 0 Å². The maximum Gasteiger partial charge on any atom is 0.0486 e. The number of likely N-dealkylation sites (N-methyl/N-ethyl adjacent to an activating group) is 2. The van der Waals surface area contributed by atoms with Gasteiger partial charge in [0.25, 0.3) is 0 Å². The molecular formula is C13H29N3. The van der Waals surface area contributed by atoms with Gasteiger partial charge in [0, 0.05) is 24.8 Å². The molecule has 3 nitrogen and oxygen atoms in total. The monoisotopic (exact) mass is 227 g/mol. The van der Waals surface area contributed by atoms with Crippen LogP contribution >= 0.6 is 0 Å². The summed E-state index contributed by atoms with van der Waals surface area (Å²) < 4.78 is 0. The van der Waals surface area contributed by atoms with Crippen molar-refractivity contribution < 1.29 is 0 Å². The van der Waals surface area contributed by atoms with Gasteiger partial charge in [-0.2, -0.15) is 0 Å². The fourth-order valence-corrected chi connectivity index (χ4v) is 1.91. The van der Waals surface area contributed by atoms with E-state index in [-0.39, 0.29) is 0 Å². The minimum absolute atomic E-state index is 0.553. The van der Waals surface area contributed by atoms with Crippen molar-refractivity contribution in [2.45, 2.75) is 32.7 Å². The molecule has 3 heteroatoms. The summed E-state index contributed by atoms with van der Waals surface area (Å²) in [6.07, 6.45) is 2.56. The van der Waals surface area contributed by atoms with Gasteiger partial charge < -0.3 is 10.2 Å². The fourth-order valence-electron chi connectivity index (χ4n) is 1.91. The first kappa shape index (κ1) is 15.5. The average molecular weight is 227 g/mol. The molecular weight excluding hydrogens is 198 g/mol. The maximum absolute atomic E-state index is 4.11. The van der Waals surface area contributed by atoms with Crippen molar-refractivity contribution >= 4 is 0 Å². The first-order valence-corrected chi connectivity index (χ1v) is 6.39. The molecule has 0 unspecified atom stereocenters. The standard InChI is InChI=1S/C11H23N3.C2H6/c1-10(12-7-9-13(2)3)11-6-5-8-14(11)4;1-2/h11-12H,1,5-9H2,2-4H3;1-2H3/t11-;/m1./s1. The zero-order chi connectivity index (χ0) is 12.6. The van der Waals surface area contributed by atoms with E-state index in [1.165, 1.54) is 25.1 Å². The first-order valence-electron chi connectivity index (χ1n) is 6.39. The minimum atomic E-state index is 0.553. The van der Waals surface area contributed by atoms with Crippen molar-refractivity contribution in [3.63, 3.8) is 0 Å².